The van der Waals surface area contributed by atoms with Crippen molar-refractivity contribution in [2.45, 2.75) is 32.6 Å². The molecule has 0 unspecified atom stereocenters. The molecule has 2 aromatic rings. The average Bonchev–Trinajstić information content (AvgIpc) is 2.85. The van der Waals surface area contributed by atoms with Crippen molar-refractivity contribution in [2.75, 3.05) is 13.1 Å². The van der Waals surface area contributed by atoms with Gasteiger partial charge in [-0.1, -0.05) is 23.7 Å². The van der Waals surface area contributed by atoms with Crippen molar-refractivity contribution >= 4 is 11.6 Å². The Labute approximate surface area is 125 Å². The van der Waals surface area contributed by atoms with Gasteiger partial charge < -0.3 is 10.3 Å². The Morgan fingerprint density at radius 1 is 1.10 bits per heavy atom. The highest BCUT2D eigenvalue weighted by molar-refractivity contribution is 6.30. The molecule has 1 heterocycles. The lowest BCUT2D eigenvalue weighted by atomic mass is 10.1. The molecule has 0 saturated heterocycles. The minimum absolute atomic E-state index is 0.806. The van der Waals surface area contributed by atoms with E-state index in [1.54, 1.807) is 0 Å². The van der Waals surface area contributed by atoms with Crippen LogP contribution in [0.25, 0.3) is 0 Å². The maximum Gasteiger partial charge on any atom is 0.103 e. The molecular weight excluding hydrogens is 270 g/mol. The molecule has 20 heavy (non-hydrogen) atoms. The van der Waals surface area contributed by atoms with Crippen molar-refractivity contribution in [1.29, 1.82) is 0 Å². The van der Waals surface area contributed by atoms with Crippen LogP contribution in [0.1, 0.15) is 29.9 Å². The third-order valence-electron chi connectivity index (χ3n) is 3.29. The lowest BCUT2D eigenvalue weighted by Gasteiger charge is -2.04. The monoisotopic (exact) mass is 291 g/mol. The summed E-state index contributed by atoms with van der Waals surface area (Å²) in [6, 6.07) is 8.11. The second-order valence-corrected chi connectivity index (χ2v) is 5.51. The van der Waals surface area contributed by atoms with Crippen molar-refractivity contribution in [3.63, 3.8) is 0 Å². The smallest absolute Gasteiger partial charge is 0.103 e. The van der Waals surface area contributed by atoms with E-state index >= 15 is 0 Å². The summed E-state index contributed by atoms with van der Waals surface area (Å²) in [5.41, 5.74) is 2.58. The van der Waals surface area contributed by atoms with Crippen LogP contribution in [0.3, 0.4) is 0 Å². The summed E-state index contributed by atoms with van der Waals surface area (Å²) in [4.78, 5) is 7.45. The van der Waals surface area contributed by atoms with Gasteiger partial charge in [0.25, 0.3) is 0 Å². The molecule has 0 amide bonds. The topological polar surface area (TPSA) is 40.7 Å². The number of hydrogen-bond donors (Lipinski definition) is 2. The number of imidazole rings is 1. The van der Waals surface area contributed by atoms with E-state index in [1.165, 1.54) is 11.3 Å². The number of aryl methyl sites for hydroxylation is 3. The van der Waals surface area contributed by atoms with Crippen molar-refractivity contribution in [1.82, 2.24) is 15.3 Å². The molecule has 0 aliphatic rings. The SMILES string of the molecule is Cc1ncc(CCCNCCCc2ccc(Cl)cc2)[nH]1. The Morgan fingerprint density at radius 3 is 2.45 bits per heavy atom. The summed E-state index contributed by atoms with van der Waals surface area (Å²) < 4.78 is 0. The number of rotatable bonds is 8. The van der Waals surface area contributed by atoms with E-state index in [2.05, 4.69) is 27.4 Å². The fourth-order valence-electron chi connectivity index (χ4n) is 2.20. The molecule has 4 heteroatoms. The lowest BCUT2D eigenvalue weighted by molar-refractivity contribution is 0.620. The normalized spacial score (nSPS) is 10.9. The van der Waals surface area contributed by atoms with Gasteiger partial charge >= 0.3 is 0 Å². The maximum absolute atomic E-state index is 5.86. The maximum atomic E-state index is 5.86. The fraction of sp³-hybridized carbons (Fsp3) is 0.438. The molecule has 1 aromatic heterocycles. The standard InChI is InChI=1S/C16H22ClN3/c1-13-19-12-16(20-13)5-3-11-18-10-2-4-14-6-8-15(17)9-7-14/h6-9,12,18H,2-5,10-11H2,1H3,(H,19,20). The van der Waals surface area contributed by atoms with Crippen LogP contribution in [0, 0.1) is 6.92 Å². The van der Waals surface area contributed by atoms with Crippen LogP contribution in [0.5, 0.6) is 0 Å². The molecule has 0 aliphatic heterocycles. The first-order valence-corrected chi connectivity index (χ1v) is 7.57. The number of aromatic amines is 1. The molecule has 3 nitrogen and oxygen atoms in total. The zero-order valence-corrected chi connectivity index (χ0v) is 12.7. The second kappa shape index (κ2) is 8.08. The van der Waals surface area contributed by atoms with Gasteiger partial charge in [-0.05, 0) is 63.4 Å². The molecule has 0 atom stereocenters. The molecule has 0 bridgehead atoms. The Bertz CT molecular complexity index is 505. The van der Waals surface area contributed by atoms with E-state index in [-0.39, 0.29) is 0 Å². The fourth-order valence-corrected chi connectivity index (χ4v) is 2.32. The second-order valence-electron chi connectivity index (χ2n) is 5.08. The van der Waals surface area contributed by atoms with Crippen LogP contribution in [0.2, 0.25) is 5.02 Å². The predicted molar refractivity (Wildman–Crippen MR) is 84.3 cm³/mol. The van der Waals surface area contributed by atoms with Crippen molar-refractivity contribution in [2.24, 2.45) is 0 Å². The highest BCUT2D eigenvalue weighted by atomic mass is 35.5. The van der Waals surface area contributed by atoms with Gasteiger partial charge in [-0.2, -0.15) is 0 Å². The molecule has 0 saturated carbocycles. The minimum atomic E-state index is 0.806. The Balaban J connectivity index is 1.50. The first kappa shape index (κ1) is 15.1. The largest absolute Gasteiger partial charge is 0.346 e. The van der Waals surface area contributed by atoms with Crippen LogP contribution in [-0.4, -0.2) is 23.1 Å². The molecule has 108 valence electrons. The Kier molecular flexibility index (Phi) is 6.09. The molecule has 0 radical (unpaired) electrons. The zero-order chi connectivity index (χ0) is 14.2. The summed E-state index contributed by atoms with van der Waals surface area (Å²) >= 11 is 5.86. The van der Waals surface area contributed by atoms with Crippen LogP contribution in [0.4, 0.5) is 0 Å². The van der Waals surface area contributed by atoms with Gasteiger partial charge in [0, 0.05) is 16.9 Å². The third kappa shape index (κ3) is 5.35. The van der Waals surface area contributed by atoms with Gasteiger partial charge in [0.05, 0.1) is 0 Å². The number of nitrogens with zero attached hydrogens (tertiary/aromatic N) is 1. The molecule has 2 rings (SSSR count). The Morgan fingerprint density at radius 2 is 1.80 bits per heavy atom. The summed E-state index contributed by atoms with van der Waals surface area (Å²) in [7, 11) is 0. The highest BCUT2D eigenvalue weighted by Crippen LogP contribution is 2.10. The van der Waals surface area contributed by atoms with E-state index in [4.69, 9.17) is 11.6 Å². The van der Waals surface area contributed by atoms with Gasteiger partial charge in [0.2, 0.25) is 0 Å². The van der Waals surface area contributed by atoms with E-state index in [0.29, 0.717) is 0 Å². The van der Waals surface area contributed by atoms with Gasteiger partial charge in [0.15, 0.2) is 0 Å². The molecule has 1 aromatic carbocycles. The first-order valence-electron chi connectivity index (χ1n) is 7.20. The van der Waals surface area contributed by atoms with Crippen LogP contribution < -0.4 is 5.32 Å². The summed E-state index contributed by atoms with van der Waals surface area (Å²) in [6.07, 6.45) is 6.39. The highest BCUT2D eigenvalue weighted by Gasteiger charge is 1.97. The van der Waals surface area contributed by atoms with E-state index in [0.717, 1.165) is 49.6 Å². The van der Waals surface area contributed by atoms with Crippen LogP contribution >= 0.6 is 11.6 Å². The van der Waals surface area contributed by atoms with Crippen molar-refractivity contribution in [3.05, 3.63) is 52.6 Å². The molecule has 0 fully saturated rings. The first-order chi connectivity index (χ1) is 9.74. The predicted octanol–water partition coefficient (Wildman–Crippen LogP) is 3.53. The third-order valence-corrected chi connectivity index (χ3v) is 3.54. The van der Waals surface area contributed by atoms with Crippen LogP contribution in [-0.2, 0) is 12.8 Å². The van der Waals surface area contributed by atoms with Crippen LogP contribution in [0.15, 0.2) is 30.5 Å². The van der Waals surface area contributed by atoms with Crippen molar-refractivity contribution < 1.29 is 0 Å². The minimum Gasteiger partial charge on any atom is -0.346 e. The van der Waals surface area contributed by atoms with Gasteiger partial charge in [-0.3, -0.25) is 0 Å². The van der Waals surface area contributed by atoms with E-state index in [9.17, 15) is 0 Å². The molecular formula is C16H22ClN3. The van der Waals surface area contributed by atoms with E-state index < -0.39 is 0 Å². The number of hydrogen-bond acceptors (Lipinski definition) is 2. The van der Waals surface area contributed by atoms with Gasteiger partial charge in [-0.15, -0.1) is 0 Å². The number of halogens is 1. The lowest BCUT2D eigenvalue weighted by Crippen LogP contribution is -2.17. The zero-order valence-electron chi connectivity index (χ0n) is 12.0. The Hall–Kier alpha value is -1.32. The summed E-state index contributed by atoms with van der Waals surface area (Å²) in [6.45, 7) is 4.10. The molecule has 0 spiro atoms. The quantitative estimate of drug-likeness (QED) is 0.731. The number of H-pyrrole nitrogens is 1. The number of aromatic nitrogens is 2. The number of nitrogens with one attached hydrogen (secondary N) is 2. The van der Waals surface area contributed by atoms with E-state index in [1.807, 2.05) is 25.3 Å². The average molecular weight is 292 g/mol. The number of benzene rings is 1. The molecule has 2 N–H and O–H groups in total. The van der Waals surface area contributed by atoms with Crippen molar-refractivity contribution in [3.8, 4) is 0 Å². The van der Waals surface area contributed by atoms with Gasteiger partial charge in [0.1, 0.15) is 5.82 Å². The summed E-state index contributed by atoms with van der Waals surface area (Å²) in [5.74, 6) is 0.996. The van der Waals surface area contributed by atoms with Gasteiger partial charge in [-0.25, -0.2) is 4.98 Å². The molecule has 0 aliphatic carbocycles. The summed E-state index contributed by atoms with van der Waals surface area (Å²) in [5, 5.41) is 4.29.